The van der Waals surface area contributed by atoms with Crippen LogP contribution in [-0.4, -0.2) is 22.6 Å². The molecule has 5 nitrogen and oxygen atoms in total. The third-order valence-corrected chi connectivity index (χ3v) is 5.09. The first kappa shape index (κ1) is 14.9. The molecular formula is C19H20N4O. The number of nitrogens with zero attached hydrogens (tertiary/aromatic N) is 4. The molecule has 0 saturated heterocycles. The molecule has 0 N–H and O–H groups in total. The van der Waals surface area contributed by atoms with E-state index in [4.69, 9.17) is 4.98 Å². The fraction of sp³-hybridized carbons (Fsp3) is 0.421. The lowest BCUT2D eigenvalue weighted by Gasteiger charge is -2.25. The van der Waals surface area contributed by atoms with Crippen molar-refractivity contribution in [2.75, 3.05) is 18.0 Å². The van der Waals surface area contributed by atoms with E-state index in [0.717, 1.165) is 51.0 Å². The fourth-order valence-electron chi connectivity index (χ4n) is 3.77. The second-order valence-corrected chi connectivity index (χ2v) is 6.51. The second kappa shape index (κ2) is 6.12. The number of nitriles is 1. The van der Waals surface area contributed by atoms with Crippen LogP contribution in [0.3, 0.4) is 0 Å². The summed E-state index contributed by atoms with van der Waals surface area (Å²) in [6, 6.07) is 10.6. The van der Waals surface area contributed by atoms with Gasteiger partial charge in [-0.25, -0.2) is 4.98 Å². The Morgan fingerprint density at radius 3 is 2.38 bits per heavy atom. The number of hydrogen-bond donors (Lipinski definition) is 0. The van der Waals surface area contributed by atoms with E-state index in [1.165, 1.54) is 11.1 Å². The molecule has 5 heteroatoms. The van der Waals surface area contributed by atoms with E-state index >= 15 is 0 Å². The molecule has 0 spiro atoms. The predicted octanol–water partition coefficient (Wildman–Crippen LogP) is 2.06. The quantitative estimate of drug-likeness (QED) is 0.807. The van der Waals surface area contributed by atoms with Crippen LogP contribution in [-0.2, 0) is 25.8 Å². The Morgan fingerprint density at radius 1 is 1.00 bits per heavy atom. The first-order chi connectivity index (χ1) is 11.8. The number of rotatable bonds is 1. The van der Waals surface area contributed by atoms with Gasteiger partial charge in [0, 0.05) is 26.1 Å². The topological polar surface area (TPSA) is 61.9 Å². The summed E-state index contributed by atoms with van der Waals surface area (Å²) >= 11 is 0. The molecule has 1 aromatic heterocycles. The van der Waals surface area contributed by atoms with E-state index in [2.05, 4.69) is 35.2 Å². The van der Waals surface area contributed by atoms with Crippen molar-refractivity contribution in [2.45, 2.75) is 38.6 Å². The zero-order valence-corrected chi connectivity index (χ0v) is 13.7. The summed E-state index contributed by atoms with van der Waals surface area (Å²) in [7, 11) is 0. The molecular weight excluding hydrogens is 300 g/mol. The summed E-state index contributed by atoms with van der Waals surface area (Å²) in [6.07, 6.45) is 4.70. The number of aryl methyl sites for hydroxylation is 1. The van der Waals surface area contributed by atoms with Crippen LogP contribution in [0.2, 0.25) is 0 Å². The van der Waals surface area contributed by atoms with Crippen molar-refractivity contribution in [3.05, 3.63) is 57.1 Å². The first-order valence-corrected chi connectivity index (χ1v) is 8.63. The Kier molecular flexibility index (Phi) is 3.81. The van der Waals surface area contributed by atoms with Gasteiger partial charge in [0.2, 0.25) is 0 Å². The maximum atomic E-state index is 12.7. The van der Waals surface area contributed by atoms with Gasteiger partial charge in [-0.05, 0) is 36.8 Å². The molecule has 0 amide bonds. The molecule has 122 valence electrons. The Labute approximate surface area is 141 Å². The van der Waals surface area contributed by atoms with Crippen molar-refractivity contribution >= 4 is 5.82 Å². The average molecular weight is 320 g/mol. The number of hydrogen-bond acceptors (Lipinski definition) is 4. The standard InChI is InChI=1S/C19H20N4O/c20-13-16-18(21-17-7-3-4-10-23(17)19(16)24)22-11-8-14-5-1-2-6-15(14)9-12-22/h1-2,5-6H,3-4,7-12H2. The van der Waals surface area contributed by atoms with Gasteiger partial charge in [0.15, 0.2) is 11.4 Å². The normalized spacial score (nSPS) is 16.7. The van der Waals surface area contributed by atoms with Crippen molar-refractivity contribution in [1.82, 2.24) is 9.55 Å². The van der Waals surface area contributed by atoms with Crippen LogP contribution in [0.5, 0.6) is 0 Å². The average Bonchev–Trinajstić information content (AvgIpc) is 2.84. The Morgan fingerprint density at radius 2 is 1.71 bits per heavy atom. The van der Waals surface area contributed by atoms with Crippen LogP contribution < -0.4 is 10.5 Å². The monoisotopic (exact) mass is 320 g/mol. The summed E-state index contributed by atoms with van der Waals surface area (Å²) in [5, 5.41) is 9.55. The van der Waals surface area contributed by atoms with Crippen molar-refractivity contribution in [3.8, 4) is 6.07 Å². The Bertz CT molecular complexity index is 851. The van der Waals surface area contributed by atoms with Gasteiger partial charge in [0.05, 0.1) is 0 Å². The Balaban J connectivity index is 1.73. The summed E-state index contributed by atoms with van der Waals surface area (Å²) in [4.78, 5) is 19.5. The van der Waals surface area contributed by atoms with Crippen LogP contribution in [0.15, 0.2) is 29.1 Å². The summed E-state index contributed by atoms with van der Waals surface area (Å²) in [5.74, 6) is 1.42. The summed E-state index contributed by atoms with van der Waals surface area (Å²) in [5.41, 5.74) is 2.74. The highest BCUT2D eigenvalue weighted by Gasteiger charge is 2.24. The van der Waals surface area contributed by atoms with E-state index < -0.39 is 0 Å². The number of anilines is 1. The lowest BCUT2D eigenvalue weighted by atomic mass is 10.0. The molecule has 4 rings (SSSR count). The SMILES string of the molecule is N#Cc1c(N2CCc3ccccc3CC2)nc2n(c1=O)CCCC2. The maximum Gasteiger partial charge on any atom is 0.273 e. The number of aromatic nitrogens is 2. The van der Waals surface area contributed by atoms with Gasteiger partial charge in [-0.2, -0.15) is 5.26 Å². The molecule has 3 heterocycles. The van der Waals surface area contributed by atoms with Gasteiger partial charge in [0.1, 0.15) is 11.9 Å². The molecule has 0 bridgehead atoms. The van der Waals surface area contributed by atoms with Gasteiger partial charge in [0.25, 0.3) is 5.56 Å². The van der Waals surface area contributed by atoms with Crippen LogP contribution in [0.1, 0.15) is 35.4 Å². The van der Waals surface area contributed by atoms with Gasteiger partial charge in [-0.1, -0.05) is 24.3 Å². The first-order valence-electron chi connectivity index (χ1n) is 8.63. The van der Waals surface area contributed by atoms with Crippen molar-refractivity contribution in [2.24, 2.45) is 0 Å². The minimum Gasteiger partial charge on any atom is -0.355 e. The molecule has 0 aliphatic carbocycles. The van der Waals surface area contributed by atoms with Crippen LogP contribution in [0, 0.1) is 11.3 Å². The zero-order valence-electron chi connectivity index (χ0n) is 13.7. The second-order valence-electron chi connectivity index (χ2n) is 6.51. The van der Waals surface area contributed by atoms with E-state index in [-0.39, 0.29) is 11.1 Å². The minimum atomic E-state index is -0.168. The van der Waals surface area contributed by atoms with E-state index in [1.807, 2.05) is 0 Å². The fourth-order valence-corrected chi connectivity index (χ4v) is 3.77. The van der Waals surface area contributed by atoms with Crippen molar-refractivity contribution in [3.63, 3.8) is 0 Å². The molecule has 0 saturated carbocycles. The molecule has 1 aromatic carbocycles. The van der Waals surface area contributed by atoms with Gasteiger partial charge >= 0.3 is 0 Å². The third-order valence-electron chi connectivity index (χ3n) is 5.09. The molecule has 0 fully saturated rings. The third kappa shape index (κ3) is 2.48. The van der Waals surface area contributed by atoms with Crippen molar-refractivity contribution < 1.29 is 0 Å². The predicted molar refractivity (Wildman–Crippen MR) is 92.2 cm³/mol. The zero-order chi connectivity index (χ0) is 16.5. The molecule has 2 aliphatic heterocycles. The lowest BCUT2D eigenvalue weighted by Crippen LogP contribution is -2.36. The summed E-state index contributed by atoms with van der Waals surface area (Å²) < 4.78 is 1.69. The van der Waals surface area contributed by atoms with Crippen LogP contribution >= 0.6 is 0 Å². The van der Waals surface area contributed by atoms with Crippen LogP contribution in [0.4, 0.5) is 5.82 Å². The highest BCUT2D eigenvalue weighted by Crippen LogP contribution is 2.23. The molecule has 24 heavy (non-hydrogen) atoms. The van der Waals surface area contributed by atoms with E-state index in [9.17, 15) is 10.1 Å². The van der Waals surface area contributed by atoms with Gasteiger partial charge < -0.3 is 4.90 Å². The van der Waals surface area contributed by atoms with Crippen LogP contribution in [0.25, 0.3) is 0 Å². The molecule has 0 unspecified atom stereocenters. The van der Waals surface area contributed by atoms with E-state index in [0.29, 0.717) is 12.4 Å². The molecule has 0 atom stereocenters. The maximum absolute atomic E-state index is 12.7. The highest BCUT2D eigenvalue weighted by atomic mass is 16.1. The van der Waals surface area contributed by atoms with E-state index in [1.54, 1.807) is 4.57 Å². The number of fused-ring (bicyclic) bond motifs is 2. The van der Waals surface area contributed by atoms with Gasteiger partial charge in [-0.3, -0.25) is 9.36 Å². The number of benzene rings is 1. The van der Waals surface area contributed by atoms with Gasteiger partial charge in [-0.15, -0.1) is 0 Å². The largest absolute Gasteiger partial charge is 0.355 e. The summed E-state index contributed by atoms with van der Waals surface area (Å²) in [6.45, 7) is 2.27. The minimum absolute atomic E-state index is 0.168. The molecule has 0 radical (unpaired) electrons. The molecule has 2 aromatic rings. The smallest absolute Gasteiger partial charge is 0.273 e. The van der Waals surface area contributed by atoms with Crippen molar-refractivity contribution in [1.29, 1.82) is 5.26 Å². The lowest BCUT2D eigenvalue weighted by molar-refractivity contribution is 0.494. The Hall–Kier alpha value is -2.61. The highest BCUT2D eigenvalue weighted by molar-refractivity contribution is 5.54. The molecule has 2 aliphatic rings.